The number of hydrogen-bond donors (Lipinski definition) is 0. The zero-order valence-electron chi connectivity index (χ0n) is 16.1. The Morgan fingerprint density at radius 2 is 1.64 bits per heavy atom. The van der Waals surface area contributed by atoms with Gasteiger partial charge in [0, 0.05) is 0 Å². The van der Waals surface area contributed by atoms with Gasteiger partial charge in [0.2, 0.25) is 0 Å². The van der Waals surface area contributed by atoms with Crippen LogP contribution in [0.25, 0.3) is 0 Å². The van der Waals surface area contributed by atoms with Crippen LogP contribution in [0.2, 0.25) is 19.1 Å². The van der Waals surface area contributed by atoms with Gasteiger partial charge in [-0.1, -0.05) is 84.8 Å². The lowest BCUT2D eigenvalue weighted by Gasteiger charge is -2.23. The third kappa shape index (κ3) is 5.30. The number of ether oxygens (including phenoxy) is 1. The van der Waals surface area contributed by atoms with Crippen LogP contribution in [0, 0.1) is 6.92 Å². The number of hydrogen-bond acceptors (Lipinski definition) is 2. The highest BCUT2D eigenvalue weighted by molar-refractivity contribution is 6.89. The van der Waals surface area contributed by atoms with Gasteiger partial charge in [-0.25, -0.2) is 0 Å². The number of carbonyl (C=O) groups is 1. The predicted molar refractivity (Wildman–Crippen MR) is 108 cm³/mol. The summed E-state index contributed by atoms with van der Waals surface area (Å²) in [6.07, 6.45) is 2.37. The second kappa shape index (κ2) is 8.48. The fraction of sp³-hybridized carbons (Fsp3) is 0.409. The molecule has 0 aromatic heterocycles. The Hall–Kier alpha value is -1.87. The second-order valence-corrected chi connectivity index (χ2v) is 12.4. The van der Waals surface area contributed by atoms with Gasteiger partial charge in [0.05, 0.1) is 21.1 Å². The molecule has 0 heterocycles. The molecule has 0 bridgehead atoms. The second-order valence-electron chi connectivity index (χ2n) is 7.59. The van der Waals surface area contributed by atoms with Crippen LogP contribution in [0.1, 0.15) is 36.0 Å². The van der Waals surface area contributed by atoms with Gasteiger partial charge in [-0.2, -0.15) is 0 Å². The highest BCUT2D eigenvalue weighted by atomic mass is 28.3. The normalized spacial score (nSPS) is 12.7. The Balaban J connectivity index is 1.96. The molecular weight excluding hydrogens is 324 g/mol. The molecular formula is C22H30O2Si. The van der Waals surface area contributed by atoms with E-state index in [2.05, 4.69) is 68.5 Å². The lowest BCUT2D eigenvalue weighted by atomic mass is 10.0. The van der Waals surface area contributed by atoms with Crippen molar-refractivity contribution in [2.45, 2.75) is 51.7 Å². The van der Waals surface area contributed by atoms with Gasteiger partial charge in [0.1, 0.15) is 0 Å². The highest BCUT2D eigenvalue weighted by Gasteiger charge is 2.23. The van der Waals surface area contributed by atoms with E-state index in [1.807, 2.05) is 6.92 Å². The molecule has 0 saturated heterocycles. The lowest BCUT2D eigenvalue weighted by molar-refractivity contribution is -0.141. The van der Waals surface area contributed by atoms with Crippen molar-refractivity contribution < 1.29 is 9.53 Å². The van der Waals surface area contributed by atoms with Crippen LogP contribution < -0.4 is 5.19 Å². The fourth-order valence-corrected chi connectivity index (χ4v) is 5.59. The summed E-state index contributed by atoms with van der Waals surface area (Å²) in [4.78, 5) is 11.7. The molecule has 3 heteroatoms. The first-order valence-corrected chi connectivity index (χ1v) is 12.3. The monoisotopic (exact) mass is 354 g/mol. The smallest absolute Gasteiger partial charge is 0.312 e. The van der Waals surface area contributed by atoms with Crippen LogP contribution in [0.5, 0.6) is 0 Å². The van der Waals surface area contributed by atoms with Crippen LogP contribution in [0.15, 0.2) is 48.5 Å². The van der Waals surface area contributed by atoms with Crippen LogP contribution in [0.4, 0.5) is 0 Å². The first kappa shape index (κ1) is 19.5. The highest BCUT2D eigenvalue weighted by Crippen LogP contribution is 2.19. The number of carbonyl (C=O) groups excluding carboxylic acids is 1. The van der Waals surface area contributed by atoms with Crippen molar-refractivity contribution in [3.63, 3.8) is 0 Å². The van der Waals surface area contributed by atoms with E-state index in [1.54, 1.807) is 0 Å². The van der Waals surface area contributed by atoms with Crippen LogP contribution in [0.3, 0.4) is 0 Å². The largest absolute Gasteiger partial charge is 0.469 e. The molecule has 2 aromatic rings. The van der Waals surface area contributed by atoms with E-state index in [0.717, 1.165) is 12.0 Å². The van der Waals surface area contributed by atoms with E-state index in [1.165, 1.54) is 35.9 Å². The predicted octanol–water partition coefficient (Wildman–Crippen LogP) is 4.82. The van der Waals surface area contributed by atoms with Crippen molar-refractivity contribution in [1.82, 2.24) is 0 Å². The standard InChI is InChI=1S/C22H30O2Si/c1-17-8-10-19(11-9-17)7-6-16-25(4,5)21-14-12-20(13-15-21)18(2)22(23)24-3/h8-15,18H,6-7,16H2,1-5H3. The summed E-state index contributed by atoms with van der Waals surface area (Å²) in [5, 5.41) is 1.46. The maximum Gasteiger partial charge on any atom is 0.312 e. The van der Waals surface area contributed by atoms with Crippen molar-refractivity contribution >= 4 is 19.2 Å². The third-order valence-corrected chi connectivity index (χ3v) is 8.63. The summed E-state index contributed by atoms with van der Waals surface area (Å²) in [6.45, 7) is 8.89. The van der Waals surface area contributed by atoms with Crippen molar-refractivity contribution in [3.05, 3.63) is 65.2 Å². The summed E-state index contributed by atoms with van der Waals surface area (Å²) >= 11 is 0. The van der Waals surface area contributed by atoms with E-state index in [9.17, 15) is 4.79 Å². The Morgan fingerprint density at radius 3 is 2.20 bits per heavy atom. The number of rotatable bonds is 7. The molecule has 0 aliphatic heterocycles. The molecule has 2 aromatic carbocycles. The number of benzene rings is 2. The van der Waals surface area contributed by atoms with Gasteiger partial charge in [0.25, 0.3) is 0 Å². The Bertz CT molecular complexity index is 687. The van der Waals surface area contributed by atoms with Gasteiger partial charge in [-0.3, -0.25) is 4.79 Å². The first-order valence-electron chi connectivity index (χ1n) is 9.07. The average molecular weight is 355 g/mol. The first-order chi connectivity index (χ1) is 11.8. The number of aryl methyl sites for hydroxylation is 2. The minimum Gasteiger partial charge on any atom is -0.469 e. The minimum atomic E-state index is -1.45. The number of esters is 1. The van der Waals surface area contributed by atoms with Crippen molar-refractivity contribution in [3.8, 4) is 0 Å². The SMILES string of the molecule is COC(=O)C(C)c1ccc([Si](C)(C)CCCc2ccc(C)cc2)cc1. The summed E-state index contributed by atoms with van der Waals surface area (Å²) in [6, 6.07) is 18.8. The van der Waals surface area contributed by atoms with Gasteiger partial charge in [-0.05, 0) is 31.4 Å². The van der Waals surface area contributed by atoms with Gasteiger partial charge >= 0.3 is 5.97 Å². The van der Waals surface area contributed by atoms with E-state index in [-0.39, 0.29) is 11.9 Å². The Kier molecular flexibility index (Phi) is 6.60. The van der Waals surface area contributed by atoms with Crippen molar-refractivity contribution in [2.24, 2.45) is 0 Å². The average Bonchev–Trinajstić information content (AvgIpc) is 2.62. The Morgan fingerprint density at radius 1 is 1.04 bits per heavy atom. The maximum absolute atomic E-state index is 11.7. The molecule has 0 fully saturated rings. The zero-order chi connectivity index (χ0) is 18.4. The third-order valence-electron chi connectivity index (χ3n) is 5.13. The molecule has 0 amide bonds. The summed E-state index contributed by atoms with van der Waals surface area (Å²) in [5.74, 6) is -0.382. The topological polar surface area (TPSA) is 26.3 Å². The molecule has 1 unspecified atom stereocenters. The molecule has 0 aliphatic carbocycles. The van der Waals surface area contributed by atoms with Crippen molar-refractivity contribution in [1.29, 1.82) is 0 Å². The molecule has 25 heavy (non-hydrogen) atoms. The molecule has 0 N–H and O–H groups in total. The Labute approximate surface area is 153 Å². The summed E-state index contributed by atoms with van der Waals surface area (Å²) in [5.41, 5.74) is 3.78. The molecule has 0 saturated carbocycles. The molecule has 2 nitrogen and oxygen atoms in total. The van der Waals surface area contributed by atoms with Crippen LogP contribution >= 0.6 is 0 Å². The molecule has 134 valence electrons. The van der Waals surface area contributed by atoms with Gasteiger partial charge in [0.15, 0.2) is 0 Å². The molecule has 2 rings (SSSR count). The molecule has 0 spiro atoms. The van der Waals surface area contributed by atoms with Crippen LogP contribution in [-0.2, 0) is 16.0 Å². The van der Waals surface area contributed by atoms with E-state index in [0.29, 0.717) is 0 Å². The quantitative estimate of drug-likeness (QED) is 0.526. The summed E-state index contributed by atoms with van der Waals surface area (Å²) < 4.78 is 4.84. The van der Waals surface area contributed by atoms with E-state index >= 15 is 0 Å². The lowest BCUT2D eigenvalue weighted by Crippen LogP contribution is -2.41. The molecule has 0 aliphatic rings. The summed E-state index contributed by atoms with van der Waals surface area (Å²) in [7, 11) is -0.0118. The van der Waals surface area contributed by atoms with Gasteiger partial charge in [-0.15, -0.1) is 0 Å². The van der Waals surface area contributed by atoms with Crippen LogP contribution in [-0.4, -0.2) is 21.2 Å². The van der Waals surface area contributed by atoms with E-state index < -0.39 is 8.07 Å². The zero-order valence-corrected chi connectivity index (χ0v) is 17.1. The van der Waals surface area contributed by atoms with E-state index in [4.69, 9.17) is 4.74 Å². The fourth-order valence-electron chi connectivity index (χ4n) is 3.17. The van der Waals surface area contributed by atoms with Gasteiger partial charge < -0.3 is 4.74 Å². The maximum atomic E-state index is 11.7. The minimum absolute atomic E-state index is 0.178. The number of methoxy groups -OCH3 is 1. The molecule has 1 atom stereocenters. The van der Waals surface area contributed by atoms with Crippen molar-refractivity contribution in [2.75, 3.05) is 7.11 Å². The molecule has 0 radical (unpaired) electrons.